The summed E-state index contributed by atoms with van der Waals surface area (Å²) in [6.45, 7) is 1.81. The minimum Gasteiger partial charge on any atom is -0.395 e. The van der Waals surface area contributed by atoms with Crippen LogP contribution >= 0.6 is 0 Å². The van der Waals surface area contributed by atoms with Gasteiger partial charge in [0.1, 0.15) is 0 Å². The quantitative estimate of drug-likeness (QED) is 0.754. The highest BCUT2D eigenvalue weighted by Gasteiger charge is 2.21. The number of aliphatic hydroxyl groups is 2. The number of hydrogen-bond donors (Lipinski definition) is 2. The summed E-state index contributed by atoms with van der Waals surface area (Å²) < 4.78 is 0. The third kappa shape index (κ3) is 2.20. The van der Waals surface area contributed by atoms with Crippen LogP contribution in [0.1, 0.15) is 11.1 Å². The van der Waals surface area contributed by atoms with Crippen LogP contribution in [0.25, 0.3) is 0 Å². The number of rotatable bonds is 3. The van der Waals surface area contributed by atoms with Crippen LogP contribution in [0.5, 0.6) is 0 Å². The Labute approximate surface area is 90.0 Å². The molecule has 3 heteroatoms. The van der Waals surface area contributed by atoms with Gasteiger partial charge in [0, 0.05) is 13.1 Å². The fourth-order valence-corrected chi connectivity index (χ4v) is 2.12. The molecule has 0 spiro atoms. The molecule has 1 aromatic carbocycles. The van der Waals surface area contributed by atoms with Crippen LogP contribution in [-0.2, 0) is 13.0 Å². The highest BCUT2D eigenvalue weighted by molar-refractivity contribution is 5.29. The van der Waals surface area contributed by atoms with E-state index >= 15 is 0 Å². The predicted molar refractivity (Wildman–Crippen MR) is 58.5 cm³/mol. The van der Waals surface area contributed by atoms with Crippen LogP contribution in [0.4, 0.5) is 0 Å². The molecule has 0 radical (unpaired) electrons. The summed E-state index contributed by atoms with van der Waals surface area (Å²) in [6, 6.07) is 8.25. The van der Waals surface area contributed by atoms with Gasteiger partial charge in [-0.25, -0.2) is 0 Å². The first kappa shape index (κ1) is 10.6. The lowest BCUT2D eigenvalue weighted by Gasteiger charge is -2.33. The van der Waals surface area contributed by atoms with Crippen molar-refractivity contribution in [3.05, 3.63) is 35.4 Å². The van der Waals surface area contributed by atoms with E-state index in [9.17, 15) is 0 Å². The van der Waals surface area contributed by atoms with E-state index in [-0.39, 0.29) is 19.3 Å². The molecule has 3 nitrogen and oxygen atoms in total. The Balaban J connectivity index is 2.11. The van der Waals surface area contributed by atoms with Crippen molar-refractivity contribution >= 4 is 0 Å². The third-order valence-electron chi connectivity index (χ3n) is 3.10. The Morgan fingerprint density at radius 1 is 1.13 bits per heavy atom. The second-order valence-electron chi connectivity index (χ2n) is 4.01. The van der Waals surface area contributed by atoms with Crippen molar-refractivity contribution in [2.75, 3.05) is 19.8 Å². The number of fused-ring (bicyclic) bond motifs is 1. The van der Waals surface area contributed by atoms with Crippen LogP contribution in [-0.4, -0.2) is 40.9 Å². The maximum atomic E-state index is 9.12. The van der Waals surface area contributed by atoms with Crippen molar-refractivity contribution in [3.63, 3.8) is 0 Å². The van der Waals surface area contributed by atoms with E-state index in [2.05, 4.69) is 23.1 Å². The first-order chi connectivity index (χ1) is 7.35. The van der Waals surface area contributed by atoms with Gasteiger partial charge < -0.3 is 10.2 Å². The molecule has 0 saturated heterocycles. The van der Waals surface area contributed by atoms with Gasteiger partial charge in [0.15, 0.2) is 0 Å². The van der Waals surface area contributed by atoms with Gasteiger partial charge >= 0.3 is 0 Å². The van der Waals surface area contributed by atoms with Gasteiger partial charge in [0.25, 0.3) is 0 Å². The molecular formula is C12H17NO2. The van der Waals surface area contributed by atoms with Gasteiger partial charge in [-0.1, -0.05) is 24.3 Å². The van der Waals surface area contributed by atoms with Gasteiger partial charge in [-0.3, -0.25) is 4.90 Å². The van der Waals surface area contributed by atoms with Crippen molar-refractivity contribution in [2.45, 2.75) is 19.0 Å². The van der Waals surface area contributed by atoms with Gasteiger partial charge in [-0.2, -0.15) is 0 Å². The maximum absolute atomic E-state index is 9.12. The van der Waals surface area contributed by atoms with E-state index < -0.39 is 0 Å². The van der Waals surface area contributed by atoms with Crippen molar-refractivity contribution in [1.29, 1.82) is 0 Å². The van der Waals surface area contributed by atoms with Gasteiger partial charge in [-0.05, 0) is 17.5 Å². The van der Waals surface area contributed by atoms with E-state index in [1.807, 2.05) is 6.07 Å². The smallest absolute Gasteiger partial charge is 0.0609 e. The van der Waals surface area contributed by atoms with Crippen LogP contribution in [0, 0.1) is 0 Å². The summed E-state index contributed by atoms with van der Waals surface area (Å²) >= 11 is 0. The first-order valence-corrected chi connectivity index (χ1v) is 5.37. The summed E-state index contributed by atoms with van der Waals surface area (Å²) in [7, 11) is 0. The van der Waals surface area contributed by atoms with Crippen LogP contribution < -0.4 is 0 Å². The number of benzene rings is 1. The highest BCUT2D eigenvalue weighted by Crippen LogP contribution is 2.19. The lowest BCUT2D eigenvalue weighted by atomic mass is 9.99. The predicted octanol–water partition coefficient (Wildman–Crippen LogP) is 0.398. The standard InChI is InChI=1S/C12H17NO2/c14-8-12(9-15)13-6-5-10-3-1-2-4-11(10)7-13/h1-4,12,14-15H,5-9H2. The molecule has 2 rings (SSSR count). The normalized spacial score (nSPS) is 16.7. The number of aliphatic hydroxyl groups excluding tert-OH is 2. The van der Waals surface area contributed by atoms with Crippen molar-refractivity contribution in [1.82, 2.24) is 4.90 Å². The topological polar surface area (TPSA) is 43.7 Å². The molecule has 0 aliphatic carbocycles. The third-order valence-corrected chi connectivity index (χ3v) is 3.10. The van der Waals surface area contributed by atoms with Crippen molar-refractivity contribution < 1.29 is 10.2 Å². The van der Waals surface area contributed by atoms with Crippen molar-refractivity contribution in [2.24, 2.45) is 0 Å². The zero-order chi connectivity index (χ0) is 10.7. The van der Waals surface area contributed by atoms with Crippen LogP contribution in [0.15, 0.2) is 24.3 Å². The highest BCUT2D eigenvalue weighted by atomic mass is 16.3. The van der Waals surface area contributed by atoms with E-state index in [1.54, 1.807) is 0 Å². The molecule has 1 aliphatic rings. The van der Waals surface area contributed by atoms with E-state index in [0.29, 0.717) is 0 Å². The second-order valence-corrected chi connectivity index (χ2v) is 4.01. The lowest BCUT2D eigenvalue weighted by Crippen LogP contribution is -2.43. The van der Waals surface area contributed by atoms with E-state index in [0.717, 1.165) is 19.5 Å². The minimum atomic E-state index is -0.113. The summed E-state index contributed by atoms with van der Waals surface area (Å²) in [5, 5.41) is 18.2. The molecule has 1 aliphatic heterocycles. The average Bonchev–Trinajstić information content (AvgIpc) is 2.30. The van der Waals surface area contributed by atoms with Gasteiger partial charge in [0.2, 0.25) is 0 Å². The molecule has 0 atom stereocenters. The molecule has 82 valence electrons. The molecule has 0 aromatic heterocycles. The molecule has 0 unspecified atom stereocenters. The zero-order valence-electron chi connectivity index (χ0n) is 8.76. The second kappa shape index (κ2) is 4.75. The van der Waals surface area contributed by atoms with Crippen LogP contribution in [0.2, 0.25) is 0 Å². The van der Waals surface area contributed by atoms with Crippen molar-refractivity contribution in [3.8, 4) is 0 Å². The van der Waals surface area contributed by atoms with E-state index in [4.69, 9.17) is 10.2 Å². The number of hydrogen-bond acceptors (Lipinski definition) is 3. The average molecular weight is 207 g/mol. The molecule has 0 saturated carbocycles. The fraction of sp³-hybridized carbons (Fsp3) is 0.500. The van der Waals surface area contributed by atoms with E-state index in [1.165, 1.54) is 11.1 Å². The summed E-state index contributed by atoms with van der Waals surface area (Å²) in [5.41, 5.74) is 2.71. The van der Waals surface area contributed by atoms with Gasteiger partial charge in [0.05, 0.1) is 19.3 Å². The molecule has 0 bridgehead atoms. The molecule has 15 heavy (non-hydrogen) atoms. The Hall–Kier alpha value is -0.900. The zero-order valence-corrected chi connectivity index (χ0v) is 8.76. The Morgan fingerprint density at radius 3 is 2.47 bits per heavy atom. The molecule has 1 heterocycles. The monoisotopic (exact) mass is 207 g/mol. The lowest BCUT2D eigenvalue weighted by molar-refractivity contribution is 0.0651. The fourth-order valence-electron chi connectivity index (χ4n) is 2.12. The SMILES string of the molecule is OCC(CO)N1CCc2ccccc2C1. The molecule has 1 aromatic rings. The Morgan fingerprint density at radius 2 is 1.80 bits per heavy atom. The Bertz CT molecular complexity index is 323. The summed E-state index contributed by atoms with van der Waals surface area (Å²) in [4.78, 5) is 2.14. The Kier molecular flexibility index (Phi) is 3.36. The number of nitrogens with zero attached hydrogens (tertiary/aromatic N) is 1. The molecule has 0 amide bonds. The molecule has 2 N–H and O–H groups in total. The van der Waals surface area contributed by atoms with Crippen LogP contribution in [0.3, 0.4) is 0 Å². The maximum Gasteiger partial charge on any atom is 0.0609 e. The van der Waals surface area contributed by atoms with Gasteiger partial charge in [-0.15, -0.1) is 0 Å². The molecular weight excluding hydrogens is 190 g/mol. The largest absolute Gasteiger partial charge is 0.395 e. The summed E-state index contributed by atoms with van der Waals surface area (Å²) in [6.07, 6.45) is 1.01. The first-order valence-electron chi connectivity index (χ1n) is 5.37. The molecule has 0 fully saturated rings. The summed E-state index contributed by atoms with van der Waals surface area (Å²) in [5.74, 6) is 0. The minimum absolute atomic E-state index is 0.0265.